The van der Waals surface area contributed by atoms with Crippen molar-refractivity contribution in [2.45, 2.75) is 19.4 Å². The second kappa shape index (κ2) is 3.79. The highest BCUT2D eigenvalue weighted by molar-refractivity contribution is 5.72. The molecule has 1 saturated heterocycles. The van der Waals surface area contributed by atoms with Crippen LogP contribution in [0.1, 0.15) is 12.0 Å². The largest absolute Gasteiger partial charge is 0.364 e. The van der Waals surface area contributed by atoms with Gasteiger partial charge in [-0.2, -0.15) is 0 Å². The summed E-state index contributed by atoms with van der Waals surface area (Å²) in [6.07, 6.45) is 7.07. The standard InChI is InChI=1S/C12H16N4/c1-9-3-6-16-7-5-14-12(11(9)16)15-10-2-4-13-8-10/h3,5-7,10,13H,2,4,8H2,1H3,(H,14,15). The Morgan fingerprint density at radius 1 is 1.50 bits per heavy atom. The minimum atomic E-state index is 0.507. The van der Waals surface area contributed by atoms with Crippen molar-refractivity contribution in [2.24, 2.45) is 0 Å². The summed E-state index contributed by atoms with van der Waals surface area (Å²) in [4.78, 5) is 4.44. The van der Waals surface area contributed by atoms with Gasteiger partial charge in [-0.3, -0.25) is 0 Å². The van der Waals surface area contributed by atoms with Crippen molar-refractivity contribution in [2.75, 3.05) is 18.4 Å². The molecule has 1 atom stereocenters. The van der Waals surface area contributed by atoms with E-state index in [1.807, 2.05) is 12.4 Å². The van der Waals surface area contributed by atoms with Crippen LogP contribution in [0.25, 0.3) is 5.52 Å². The summed E-state index contributed by atoms with van der Waals surface area (Å²) in [5, 5.41) is 6.87. The molecule has 2 aromatic heterocycles. The Balaban J connectivity index is 1.98. The molecule has 0 aromatic carbocycles. The van der Waals surface area contributed by atoms with E-state index in [0.29, 0.717) is 6.04 Å². The molecule has 3 rings (SSSR count). The van der Waals surface area contributed by atoms with Crippen LogP contribution in [0.15, 0.2) is 24.7 Å². The maximum atomic E-state index is 4.44. The summed E-state index contributed by atoms with van der Waals surface area (Å²) in [5.74, 6) is 0.999. The smallest absolute Gasteiger partial charge is 0.150 e. The molecule has 0 bridgehead atoms. The van der Waals surface area contributed by atoms with Gasteiger partial charge in [0, 0.05) is 31.2 Å². The SMILES string of the molecule is Cc1ccn2ccnc(NC3CCNC3)c12. The molecule has 3 heterocycles. The van der Waals surface area contributed by atoms with E-state index in [0.717, 1.165) is 18.9 Å². The highest BCUT2D eigenvalue weighted by Crippen LogP contribution is 2.20. The second-order valence-corrected chi connectivity index (χ2v) is 4.36. The quantitative estimate of drug-likeness (QED) is 0.797. The average Bonchev–Trinajstić information content (AvgIpc) is 2.90. The van der Waals surface area contributed by atoms with Gasteiger partial charge in [0.1, 0.15) is 0 Å². The third kappa shape index (κ3) is 1.55. The van der Waals surface area contributed by atoms with Gasteiger partial charge in [0.25, 0.3) is 0 Å². The molecule has 2 N–H and O–H groups in total. The zero-order valence-corrected chi connectivity index (χ0v) is 9.40. The van der Waals surface area contributed by atoms with Gasteiger partial charge in [-0.1, -0.05) is 0 Å². The predicted octanol–water partition coefficient (Wildman–Crippen LogP) is 1.42. The topological polar surface area (TPSA) is 41.4 Å². The third-order valence-corrected chi connectivity index (χ3v) is 3.17. The van der Waals surface area contributed by atoms with Crippen LogP contribution < -0.4 is 10.6 Å². The molecule has 1 fully saturated rings. The Hall–Kier alpha value is -1.55. The minimum Gasteiger partial charge on any atom is -0.364 e. The number of nitrogens with zero attached hydrogens (tertiary/aromatic N) is 2. The molecule has 1 aliphatic rings. The average molecular weight is 216 g/mol. The maximum Gasteiger partial charge on any atom is 0.150 e. The number of hydrogen-bond donors (Lipinski definition) is 2. The molecule has 4 nitrogen and oxygen atoms in total. The van der Waals surface area contributed by atoms with Crippen molar-refractivity contribution in [3.05, 3.63) is 30.2 Å². The van der Waals surface area contributed by atoms with Crippen molar-refractivity contribution >= 4 is 11.3 Å². The lowest BCUT2D eigenvalue weighted by Crippen LogP contribution is -2.23. The molecule has 0 aliphatic carbocycles. The van der Waals surface area contributed by atoms with E-state index in [1.54, 1.807) is 0 Å². The number of hydrogen-bond acceptors (Lipinski definition) is 3. The van der Waals surface area contributed by atoms with Crippen molar-refractivity contribution in [3.8, 4) is 0 Å². The molecule has 0 saturated carbocycles. The van der Waals surface area contributed by atoms with Crippen LogP contribution in [0, 0.1) is 6.92 Å². The lowest BCUT2D eigenvalue weighted by atomic mass is 10.2. The van der Waals surface area contributed by atoms with E-state index >= 15 is 0 Å². The third-order valence-electron chi connectivity index (χ3n) is 3.17. The Bertz CT molecular complexity index is 497. The Kier molecular flexibility index (Phi) is 2.29. The Morgan fingerprint density at radius 2 is 2.44 bits per heavy atom. The Labute approximate surface area is 94.7 Å². The van der Waals surface area contributed by atoms with E-state index in [2.05, 4.69) is 39.2 Å². The van der Waals surface area contributed by atoms with Crippen LogP contribution in [0.4, 0.5) is 5.82 Å². The number of fused-ring (bicyclic) bond motifs is 1. The summed E-state index contributed by atoms with van der Waals surface area (Å²) < 4.78 is 2.12. The van der Waals surface area contributed by atoms with Gasteiger partial charge in [0.05, 0.1) is 5.52 Å². The fourth-order valence-electron chi connectivity index (χ4n) is 2.30. The summed E-state index contributed by atoms with van der Waals surface area (Å²) in [7, 11) is 0. The van der Waals surface area contributed by atoms with Gasteiger partial charge in [0.2, 0.25) is 0 Å². The summed E-state index contributed by atoms with van der Waals surface area (Å²) in [6, 6.07) is 2.63. The van der Waals surface area contributed by atoms with E-state index in [1.165, 1.54) is 17.5 Å². The summed E-state index contributed by atoms with van der Waals surface area (Å²) >= 11 is 0. The van der Waals surface area contributed by atoms with Crippen molar-refractivity contribution in [3.63, 3.8) is 0 Å². The van der Waals surface area contributed by atoms with E-state index < -0.39 is 0 Å². The van der Waals surface area contributed by atoms with Crippen molar-refractivity contribution in [1.82, 2.24) is 14.7 Å². The van der Waals surface area contributed by atoms with Crippen LogP contribution in [-0.4, -0.2) is 28.5 Å². The van der Waals surface area contributed by atoms with Gasteiger partial charge in [-0.15, -0.1) is 0 Å². The highest BCUT2D eigenvalue weighted by atomic mass is 15.1. The van der Waals surface area contributed by atoms with Crippen LogP contribution in [-0.2, 0) is 0 Å². The lowest BCUT2D eigenvalue weighted by molar-refractivity contribution is 0.788. The fraction of sp³-hybridized carbons (Fsp3) is 0.417. The molecule has 16 heavy (non-hydrogen) atoms. The molecule has 1 aliphatic heterocycles. The first-order valence-corrected chi connectivity index (χ1v) is 5.74. The second-order valence-electron chi connectivity index (χ2n) is 4.36. The predicted molar refractivity (Wildman–Crippen MR) is 64.8 cm³/mol. The molecule has 2 aromatic rings. The highest BCUT2D eigenvalue weighted by Gasteiger charge is 2.16. The molecule has 0 spiro atoms. The first-order valence-electron chi connectivity index (χ1n) is 5.74. The summed E-state index contributed by atoms with van der Waals surface area (Å²) in [6.45, 7) is 4.25. The van der Waals surface area contributed by atoms with Crippen LogP contribution in [0.2, 0.25) is 0 Å². The van der Waals surface area contributed by atoms with E-state index in [4.69, 9.17) is 0 Å². The van der Waals surface area contributed by atoms with Gasteiger partial charge in [0.15, 0.2) is 5.82 Å². The minimum absolute atomic E-state index is 0.507. The molecule has 1 unspecified atom stereocenters. The molecule has 4 heteroatoms. The maximum absolute atomic E-state index is 4.44. The number of aromatic nitrogens is 2. The first kappa shape index (κ1) is 9.66. The van der Waals surface area contributed by atoms with Gasteiger partial charge in [-0.25, -0.2) is 4.98 Å². The summed E-state index contributed by atoms with van der Waals surface area (Å²) in [5.41, 5.74) is 2.45. The number of aryl methyl sites for hydroxylation is 1. The molecular formula is C12H16N4. The van der Waals surface area contributed by atoms with Crippen LogP contribution in [0.3, 0.4) is 0 Å². The van der Waals surface area contributed by atoms with Gasteiger partial charge in [-0.05, 0) is 31.5 Å². The van der Waals surface area contributed by atoms with Gasteiger partial charge >= 0.3 is 0 Å². The molecular weight excluding hydrogens is 200 g/mol. The Morgan fingerprint density at radius 3 is 3.25 bits per heavy atom. The van der Waals surface area contributed by atoms with Crippen molar-refractivity contribution in [1.29, 1.82) is 0 Å². The van der Waals surface area contributed by atoms with Crippen molar-refractivity contribution < 1.29 is 0 Å². The molecule has 84 valence electrons. The van der Waals surface area contributed by atoms with Crippen LogP contribution in [0.5, 0.6) is 0 Å². The van der Waals surface area contributed by atoms with Gasteiger partial charge < -0.3 is 15.0 Å². The number of nitrogens with one attached hydrogen (secondary N) is 2. The zero-order valence-electron chi connectivity index (χ0n) is 9.40. The number of anilines is 1. The first-order chi connectivity index (χ1) is 7.84. The fourth-order valence-corrected chi connectivity index (χ4v) is 2.30. The van der Waals surface area contributed by atoms with Crippen LogP contribution >= 0.6 is 0 Å². The zero-order chi connectivity index (χ0) is 11.0. The van der Waals surface area contributed by atoms with E-state index in [-0.39, 0.29) is 0 Å². The van der Waals surface area contributed by atoms with E-state index in [9.17, 15) is 0 Å². The lowest BCUT2D eigenvalue weighted by Gasteiger charge is -2.13. The number of rotatable bonds is 2. The monoisotopic (exact) mass is 216 g/mol. The molecule has 0 radical (unpaired) electrons. The molecule has 0 amide bonds. The normalized spacial score (nSPS) is 20.4.